The fourth-order valence-electron chi connectivity index (χ4n) is 2.50. The van der Waals surface area contributed by atoms with Crippen LogP contribution in [0.3, 0.4) is 0 Å². The highest BCUT2D eigenvalue weighted by atomic mass is 32.2. The predicted molar refractivity (Wildman–Crippen MR) is 100 cm³/mol. The number of aromatic nitrogens is 3. The van der Waals surface area contributed by atoms with Crippen LogP contribution in [-0.4, -0.2) is 45.8 Å². The van der Waals surface area contributed by atoms with Crippen LogP contribution >= 0.6 is 11.8 Å². The number of anilines is 1. The van der Waals surface area contributed by atoms with Crippen molar-refractivity contribution in [3.8, 4) is 5.75 Å². The Morgan fingerprint density at radius 1 is 1.50 bits per heavy atom. The van der Waals surface area contributed by atoms with Gasteiger partial charge in [-0.05, 0) is 18.2 Å². The summed E-state index contributed by atoms with van der Waals surface area (Å²) in [4.78, 5) is 30.5. The lowest BCUT2D eigenvalue weighted by molar-refractivity contribution is -0.121. The first kappa shape index (κ1) is 18.2. The van der Waals surface area contributed by atoms with Gasteiger partial charge in [-0.15, -0.1) is 11.7 Å². The summed E-state index contributed by atoms with van der Waals surface area (Å²) in [6.45, 7) is 8.08. The minimum Gasteiger partial charge on any atom is -0.482 e. The second kappa shape index (κ2) is 7.74. The van der Waals surface area contributed by atoms with E-state index >= 15 is 0 Å². The standard InChI is InChI=1S/C18H20N4O3S/c1-4-7-22-13-8-12(5-6-15(13)25-9-16(22)24)14(23)10-26-18-19-17(11(2)3)20-21-18/h4-6,8,11H,1,7,9-10H2,2-3H3,(H,19,20,21). The molecule has 1 N–H and O–H groups in total. The highest BCUT2D eigenvalue weighted by Gasteiger charge is 2.25. The number of fused-ring (bicyclic) bond motifs is 1. The van der Waals surface area contributed by atoms with Crippen molar-refractivity contribution in [2.75, 3.05) is 23.8 Å². The van der Waals surface area contributed by atoms with E-state index in [4.69, 9.17) is 4.74 Å². The Balaban J connectivity index is 1.73. The van der Waals surface area contributed by atoms with Gasteiger partial charge in [0.1, 0.15) is 11.6 Å². The minimum atomic E-state index is -0.154. The van der Waals surface area contributed by atoms with Crippen molar-refractivity contribution in [3.63, 3.8) is 0 Å². The largest absolute Gasteiger partial charge is 0.482 e. The second-order valence-corrected chi connectivity index (χ2v) is 7.08. The molecule has 2 aromatic rings. The van der Waals surface area contributed by atoms with Crippen LogP contribution in [0.2, 0.25) is 0 Å². The lowest BCUT2D eigenvalue weighted by Crippen LogP contribution is -2.38. The molecule has 2 heterocycles. The van der Waals surface area contributed by atoms with Gasteiger partial charge in [-0.2, -0.15) is 0 Å². The van der Waals surface area contributed by atoms with Gasteiger partial charge in [0.15, 0.2) is 12.4 Å². The van der Waals surface area contributed by atoms with Crippen molar-refractivity contribution in [2.45, 2.75) is 24.9 Å². The topological polar surface area (TPSA) is 88.2 Å². The van der Waals surface area contributed by atoms with Gasteiger partial charge in [-0.3, -0.25) is 14.7 Å². The molecule has 1 aliphatic heterocycles. The molecular formula is C18H20N4O3S. The first-order chi connectivity index (χ1) is 12.5. The van der Waals surface area contributed by atoms with E-state index in [-0.39, 0.29) is 30.0 Å². The van der Waals surface area contributed by atoms with Gasteiger partial charge in [0.25, 0.3) is 5.91 Å². The molecule has 3 rings (SSSR count). The Bertz CT molecular complexity index is 847. The fraction of sp³-hybridized carbons (Fsp3) is 0.333. The average molecular weight is 372 g/mol. The summed E-state index contributed by atoms with van der Waals surface area (Å²) in [5.41, 5.74) is 1.11. The fourth-order valence-corrected chi connectivity index (χ4v) is 3.20. The zero-order valence-corrected chi connectivity index (χ0v) is 15.5. The molecule has 0 bridgehead atoms. The average Bonchev–Trinajstić information content (AvgIpc) is 3.11. The van der Waals surface area contributed by atoms with Crippen LogP contribution in [0.1, 0.15) is 35.9 Å². The quantitative estimate of drug-likeness (QED) is 0.457. The van der Waals surface area contributed by atoms with Crippen molar-refractivity contribution in [1.82, 2.24) is 15.2 Å². The van der Waals surface area contributed by atoms with Crippen molar-refractivity contribution >= 4 is 29.1 Å². The summed E-state index contributed by atoms with van der Waals surface area (Å²) in [7, 11) is 0. The smallest absolute Gasteiger partial charge is 0.265 e. The third-order valence-electron chi connectivity index (χ3n) is 3.90. The van der Waals surface area contributed by atoms with Gasteiger partial charge in [-0.1, -0.05) is 31.7 Å². The number of rotatable bonds is 7. The number of thioether (sulfide) groups is 1. The number of nitrogens with one attached hydrogen (secondary N) is 1. The van der Waals surface area contributed by atoms with Crippen LogP contribution in [0.15, 0.2) is 36.0 Å². The monoisotopic (exact) mass is 372 g/mol. The molecule has 0 fully saturated rings. The number of aromatic amines is 1. The van der Waals surface area contributed by atoms with Gasteiger partial charge in [0.2, 0.25) is 5.16 Å². The Labute approximate surface area is 155 Å². The zero-order valence-electron chi connectivity index (χ0n) is 14.7. The third-order valence-corrected chi connectivity index (χ3v) is 4.74. The summed E-state index contributed by atoms with van der Waals surface area (Å²) in [6.07, 6.45) is 1.65. The van der Waals surface area contributed by atoms with Crippen LogP contribution in [0.4, 0.5) is 5.69 Å². The van der Waals surface area contributed by atoms with E-state index in [1.165, 1.54) is 11.8 Å². The highest BCUT2D eigenvalue weighted by molar-refractivity contribution is 7.99. The number of amides is 1. The number of benzene rings is 1. The van der Waals surface area contributed by atoms with Gasteiger partial charge in [0, 0.05) is 18.0 Å². The second-order valence-electron chi connectivity index (χ2n) is 6.13. The van der Waals surface area contributed by atoms with E-state index in [1.807, 2.05) is 13.8 Å². The summed E-state index contributed by atoms with van der Waals surface area (Å²) in [5, 5.41) is 7.53. The van der Waals surface area contributed by atoms with E-state index in [0.717, 1.165) is 5.82 Å². The molecule has 0 unspecified atom stereocenters. The highest BCUT2D eigenvalue weighted by Crippen LogP contribution is 2.33. The van der Waals surface area contributed by atoms with Gasteiger partial charge in [0.05, 0.1) is 11.4 Å². The van der Waals surface area contributed by atoms with Crippen molar-refractivity contribution in [3.05, 3.63) is 42.2 Å². The number of nitrogens with zero attached hydrogens (tertiary/aromatic N) is 3. The Morgan fingerprint density at radius 3 is 3.00 bits per heavy atom. The summed E-state index contributed by atoms with van der Waals surface area (Å²) >= 11 is 1.28. The SMILES string of the molecule is C=CCN1C(=O)COc2ccc(C(=O)CSc3n[nH]c(C(C)C)n3)cc21. The molecule has 0 atom stereocenters. The Hall–Kier alpha value is -2.61. The maximum absolute atomic E-state index is 12.5. The molecule has 26 heavy (non-hydrogen) atoms. The Kier molecular flexibility index (Phi) is 5.41. The molecule has 1 aliphatic rings. The van der Waals surface area contributed by atoms with Crippen LogP contribution < -0.4 is 9.64 Å². The molecule has 136 valence electrons. The third kappa shape index (κ3) is 3.80. The number of carbonyl (C=O) groups excluding carboxylic acids is 2. The molecular weight excluding hydrogens is 352 g/mol. The van der Waals surface area contributed by atoms with E-state index in [9.17, 15) is 9.59 Å². The molecule has 0 aliphatic carbocycles. The number of H-pyrrole nitrogens is 1. The number of hydrogen-bond donors (Lipinski definition) is 1. The van der Waals surface area contributed by atoms with E-state index in [1.54, 1.807) is 29.2 Å². The summed E-state index contributed by atoms with van der Waals surface area (Å²) in [5.74, 6) is 1.63. The van der Waals surface area contributed by atoms with Gasteiger partial charge in [-0.25, -0.2) is 4.98 Å². The molecule has 0 radical (unpaired) electrons. The van der Waals surface area contributed by atoms with Gasteiger partial charge >= 0.3 is 0 Å². The predicted octanol–water partition coefficient (Wildman–Crippen LogP) is 2.81. The molecule has 1 aromatic carbocycles. The van der Waals surface area contributed by atoms with Crippen molar-refractivity contribution in [1.29, 1.82) is 0 Å². The van der Waals surface area contributed by atoms with Crippen molar-refractivity contribution < 1.29 is 14.3 Å². The maximum atomic E-state index is 12.5. The molecule has 8 heteroatoms. The number of hydrogen-bond acceptors (Lipinski definition) is 6. The minimum absolute atomic E-state index is 0.00695. The molecule has 0 saturated heterocycles. The maximum Gasteiger partial charge on any atom is 0.265 e. The van der Waals surface area contributed by atoms with E-state index in [2.05, 4.69) is 21.8 Å². The number of Topliss-reactive ketones (excluding diaryl/α,β-unsaturated/α-hetero) is 1. The van der Waals surface area contributed by atoms with Crippen LogP contribution in [0.5, 0.6) is 5.75 Å². The molecule has 1 aromatic heterocycles. The Morgan fingerprint density at radius 2 is 2.31 bits per heavy atom. The summed E-state index contributed by atoms with van der Waals surface area (Å²) < 4.78 is 5.44. The van der Waals surface area contributed by atoms with E-state index in [0.29, 0.717) is 28.7 Å². The number of ether oxygens (including phenoxy) is 1. The van der Waals surface area contributed by atoms with Gasteiger partial charge < -0.3 is 9.64 Å². The first-order valence-electron chi connectivity index (χ1n) is 8.26. The van der Waals surface area contributed by atoms with Crippen LogP contribution in [0.25, 0.3) is 0 Å². The number of ketones is 1. The zero-order chi connectivity index (χ0) is 18.7. The first-order valence-corrected chi connectivity index (χ1v) is 9.24. The lowest BCUT2D eigenvalue weighted by atomic mass is 10.1. The molecule has 0 saturated carbocycles. The number of carbonyl (C=O) groups is 2. The lowest BCUT2D eigenvalue weighted by Gasteiger charge is -2.28. The van der Waals surface area contributed by atoms with Crippen LogP contribution in [0, 0.1) is 0 Å². The normalized spacial score (nSPS) is 13.5. The molecule has 0 spiro atoms. The van der Waals surface area contributed by atoms with Crippen molar-refractivity contribution in [2.24, 2.45) is 0 Å². The molecule has 1 amide bonds. The summed E-state index contributed by atoms with van der Waals surface area (Å²) in [6, 6.07) is 5.12. The molecule has 7 nitrogen and oxygen atoms in total. The van der Waals surface area contributed by atoms with Crippen LogP contribution in [-0.2, 0) is 4.79 Å². The van der Waals surface area contributed by atoms with E-state index < -0.39 is 0 Å².